The Balaban J connectivity index is 1.41. The third-order valence-corrected chi connectivity index (χ3v) is 5.36. The molecule has 3 heteroatoms. The second-order valence-electron chi connectivity index (χ2n) is 7.52. The van der Waals surface area contributed by atoms with Gasteiger partial charge in [0.2, 0.25) is 5.91 Å². The van der Waals surface area contributed by atoms with Gasteiger partial charge in [-0.25, -0.2) is 0 Å². The van der Waals surface area contributed by atoms with Crippen LogP contribution in [0.2, 0.25) is 0 Å². The quantitative estimate of drug-likeness (QED) is 0.804. The van der Waals surface area contributed by atoms with Gasteiger partial charge in [0, 0.05) is 19.5 Å². The second-order valence-corrected chi connectivity index (χ2v) is 7.52. The first-order valence-corrected chi connectivity index (χ1v) is 9.42. The maximum Gasteiger partial charge on any atom is 0.220 e. The number of amides is 1. The summed E-state index contributed by atoms with van der Waals surface area (Å²) in [5, 5.41) is 3.05. The van der Waals surface area contributed by atoms with E-state index in [1.807, 2.05) is 0 Å². The predicted octanol–water partition coefficient (Wildman–Crippen LogP) is 3.89. The minimum absolute atomic E-state index is 0.165. The van der Waals surface area contributed by atoms with Crippen LogP contribution in [0.1, 0.15) is 50.2 Å². The first kappa shape index (κ1) is 17.2. The molecule has 3 nitrogen and oxygen atoms in total. The molecule has 0 aromatic heterocycles. The zero-order valence-corrected chi connectivity index (χ0v) is 14.8. The number of benzene rings is 1. The van der Waals surface area contributed by atoms with Crippen molar-refractivity contribution in [3.63, 3.8) is 0 Å². The van der Waals surface area contributed by atoms with Gasteiger partial charge in [0.05, 0.1) is 0 Å². The van der Waals surface area contributed by atoms with Gasteiger partial charge >= 0.3 is 0 Å². The highest BCUT2D eigenvalue weighted by Crippen LogP contribution is 2.20. The number of carbonyl (C=O) groups is 1. The summed E-state index contributed by atoms with van der Waals surface area (Å²) in [6.07, 6.45) is 9.87. The van der Waals surface area contributed by atoms with Crippen LogP contribution in [0.15, 0.2) is 36.4 Å². The van der Waals surface area contributed by atoms with Crippen molar-refractivity contribution >= 4 is 5.91 Å². The molecule has 1 heterocycles. The van der Waals surface area contributed by atoms with Crippen LogP contribution in [0.4, 0.5) is 0 Å². The molecule has 1 amide bonds. The molecule has 1 aliphatic heterocycles. The molecule has 1 unspecified atom stereocenters. The first-order valence-electron chi connectivity index (χ1n) is 9.42. The topological polar surface area (TPSA) is 32.3 Å². The Kier molecular flexibility index (Phi) is 6.08. The van der Waals surface area contributed by atoms with E-state index in [2.05, 4.69) is 53.6 Å². The summed E-state index contributed by atoms with van der Waals surface area (Å²) >= 11 is 0. The van der Waals surface area contributed by atoms with Crippen LogP contribution >= 0.6 is 0 Å². The zero-order valence-electron chi connectivity index (χ0n) is 14.8. The van der Waals surface area contributed by atoms with E-state index < -0.39 is 0 Å². The van der Waals surface area contributed by atoms with E-state index in [0.29, 0.717) is 18.9 Å². The molecule has 2 aliphatic rings. The van der Waals surface area contributed by atoms with E-state index >= 15 is 0 Å². The fraction of sp³-hybridized carbons (Fsp3) is 0.571. The second kappa shape index (κ2) is 8.48. The minimum Gasteiger partial charge on any atom is -0.352 e. The van der Waals surface area contributed by atoms with Gasteiger partial charge in [-0.2, -0.15) is 0 Å². The van der Waals surface area contributed by atoms with Crippen LogP contribution in [-0.4, -0.2) is 23.9 Å². The smallest absolute Gasteiger partial charge is 0.220 e. The Bertz CT molecular complexity index is 556. The molecule has 1 aromatic carbocycles. The molecule has 1 atom stereocenters. The largest absolute Gasteiger partial charge is 0.352 e. The standard InChI is InChI=1S/C21H30N2O/c1-17-10-12-23(13-11-17)16-20-8-6-19(7-9-20)15-22-21(24)14-18-4-2-3-5-18/h2,4,6-9,17-18H,3,5,10-16H2,1H3,(H,22,24). The third kappa shape index (κ3) is 5.20. The van der Waals surface area contributed by atoms with Gasteiger partial charge in [-0.3, -0.25) is 9.69 Å². The van der Waals surface area contributed by atoms with E-state index in [1.54, 1.807) is 0 Å². The lowest BCUT2D eigenvalue weighted by Gasteiger charge is -2.30. The number of hydrogen-bond acceptors (Lipinski definition) is 2. The fourth-order valence-electron chi connectivity index (χ4n) is 3.62. The van der Waals surface area contributed by atoms with Gasteiger partial charge in [0.1, 0.15) is 0 Å². The number of rotatable bonds is 6. The summed E-state index contributed by atoms with van der Waals surface area (Å²) in [6, 6.07) is 8.72. The molecule has 24 heavy (non-hydrogen) atoms. The highest BCUT2D eigenvalue weighted by Gasteiger charge is 2.16. The Morgan fingerprint density at radius 3 is 2.50 bits per heavy atom. The third-order valence-electron chi connectivity index (χ3n) is 5.36. The van der Waals surface area contributed by atoms with Gasteiger partial charge in [0.25, 0.3) is 0 Å². The van der Waals surface area contributed by atoms with Crippen molar-refractivity contribution in [2.24, 2.45) is 11.8 Å². The molecule has 1 saturated heterocycles. The van der Waals surface area contributed by atoms with Gasteiger partial charge < -0.3 is 5.32 Å². The Hall–Kier alpha value is -1.61. The summed E-state index contributed by atoms with van der Waals surface area (Å²) in [7, 11) is 0. The predicted molar refractivity (Wildman–Crippen MR) is 98.4 cm³/mol. The van der Waals surface area contributed by atoms with Crippen molar-refractivity contribution < 1.29 is 4.79 Å². The molecular formula is C21H30N2O. The lowest BCUT2D eigenvalue weighted by molar-refractivity contribution is -0.121. The number of carbonyl (C=O) groups excluding carboxylic acids is 1. The molecule has 3 rings (SSSR count). The zero-order chi connectivity index (χ0) is 16.8. The lowest BCUT2D eigenvalue weighted by atomic mass is 9.99. The molecule has 1 aliphatic carbocycles. The number of nitrogens with one attached hydrogen (secondary N) is 1. The number of nitrogens with zero attached hydrogens (tertiary/aromatic N) is 1. The normalized spacial score (nSPS) is 22.0. The number of allylic oxidation sites excluding steroid dienone is 2. The fourth-order valence-corrected chi connectivity index (χ4v) is 3.62. The van der Waals surface area contributed by atoms with Crippen LogP contribution in [0.3, 0.4) is 0 Å². The minimum atomic E-state index is 0.165. The van der Waals surface area contributed by atoms with Crippen LogP contribution in [0, 0.1) is 11.8 Å². The number of likely N-dealkylation sites (tertiary alicyclic amines) is 1. The number of piperidine rings is 1. The van der Waals surface area contributed by atoms with Crippen molar-refractivity contribution in [1.82, 2.24) is 10.2 Å². The summed E-state index contributed by atoms with van der Waals surface area (Å²) in [4.78, 5) is 14.5. The molecule has 0 radical (unpaired) electrons. The van der Waals surface area contributed by atoms with E-state index in [0.717, 1.165) is 25.3 Å². The van der Waals surface area contributed by atoms with Crippen LogP contribution in [-0.2, 0) is 17.9 Å². The maximum absolute atomic E-state index is 12.0. The summed E-state index contributed by atoms with van der Waals surface area (Å²) in [5.74, 6) is 1.49. The van der Waals surface area contributed by atoms with Crippen molar-refractivity contribution in [3.8, 4) is 0 Å². The van der Waals surface area contributed by atoms with E-state index in [1.165, 1.54) is 37.1 Å². The molecule has 1 N–H and O–H groups in total. The van der Waals surface area contributed by atoms with Crippen LogP contribution < -0.4 is 5.32 Å². The van der Waals surface area contributed by atoms with Crippen LogP contribution in [0.25, 0.3) is 0 Å². The summed E-state index contributed by atoms with van der Waals surface area (Å²) in [5.41, 5.74) is 2.55. The van der Waals surface area contributed by atoms with Gasteiger partial charge in [-0.05, 0) is 61.7 Å². The summed E-state index contributed by atoms with van der Waals surface area (Å²) in [6.45, 7) is 6.47. The highest BCUT2D eigenvalue weighted by molar-refractivity contribution is 5.76. The Labute approximate surface area is 146 Å². The van der Waals surface area contributed by atoms with Crippen LogP contribution in [0.5, 0.6) is 0 Å². The molecule has 1 fully saturated rings. The summed E-state index contributed by atoms with van der Waals surface area (Å²) < 4.78 is 0. The molecule has 1 aromatic rings. The Morgan fingerprint density at radius 1 is 1.12 bits per heavy atom. The average Bonchev–Trinajstić information content (AvgIpc) is 3.09. The van der Waals surface area contributed by atoms with Crippen molar-refractivity contribution in [1.29, 1.82) is 0 Å². The van der Waals surface area contributed by atoms with Gasteiger partial charge in [-0.1, -0.05) is 43.3 Å². The Morgan fingerprint density at radius 2 is 1.83 bits per heavy atom. The monoisotopic (exact) mass is 326 g/mol. The molecule has 0 bridgehead atoms. The van der Waals surface area contributed by atoms with Gasteiger partial charge in [-0.15, -0.1) is 0 Å². The van der Waals surface area contributed by atoms with Crippen molar-refractivity contribution in [2.45, 2.75) is 52.1 Å². The lowest BCUT2D eigenvalue weighted by Crippen LogP contribution is -2.32. The van der Waals surface area contributed by atoms with Gasteiger partial charge in [0.15, 0.2) is 0 Å². The molecular weight excluding hydrogens is 296 g/mol. The van der Waals surface area contributed by atoms with Crippen molar-refractivity contribution in [2.75, 3.05) is 13.1 Å². The van der Waals surface area contributed by atoms with Crippen molar-refractivity contribution in [3.05, 3.63) is 47.5 Å². The van der Waals surface area contributed by atoms with E-state index in [4.69, 9.17) is 0 Å². The van der Waals surface area contributed by atoms with E-state index in [9.17, 15) is 4.79 Å². The maximum atomic E-state index is 12.0. The molecule has 130 valence electrons. The SMILES string of the molecule is CC1CCN(Cc2ccc(CNC(=O)CC3C=CCC3)cc2)CC1. The average molecular weight is 326 g/mol. The first-order chi connectivity index (χ1) is 11.7. The van der Waals surface area contributed by atoms with E-state index in [-0.39, 0.29) is 5.91 Å². The highest BCUT2D eigenvalue weighted by atomic mass is 16.1. The molecule has 0 saturated carbocycles. The number of hydrogen-bond donors (Lipinski definition) is 1. The molecule has 0 spiro atoms.